The zero-order valence-electron chi connectivity index (χ0n) is 10.2. The van der Waals surface area contributed by atoms with E-state index in [1.807, 2.05) is 18.3 Å². The van der Waals surface area contributed by atoms with Gasteiger partial charge in [0.25, 0.3) is 0 Å². The van der Waals surface area contributed by atoms with E-state index in [1.165, 1.54) is 5.69 Å². The van der Waals surface area contributed by atoms with E-state index in [0.29, 0.717) is 13.0 Å². The third-order valence-corrected chi connectivity index (χ3v) is 3.14. The quantitative estimate of drug-likeness (QED) is 0.558. The molecular formula is C14H19NO2. The monoisotopic (exact) mass is 233 g/mol. The topological polar surface area (TPSA) is 31.2 Å². The highest BCUT2D eigenvalue weighted by Crippen LogP contribution is 2.22. The minimum absolute atomic E-state index is 0.289. The van der Waals surface area contributed by atoms with Crippen molar-refractivity contribution in [2.45, 2.75) is 32.2 Å². The average Bonchev–Trinajstić information content (AvgIpc) is 2.74. The van der Waals surface area contributed by atoms with Gasteiger partial charge >= 0.3 is 0 Å². The average molecular weight is 233 g/mol. The molecule has 3 heteroatoms. The van der Waals surface area contributed by atoms with Crippen LogP contribution in [-0.4, -0.2) is 23.6 Å². The summed E-state index contributed by atoms with van der Waals surface area (Å²) in [6.07, 6.45) is 7.45. The van der Waals surface area contributed by atoms with Gasteiger partial charge in [0.1, 0.15) is 0 Å². The second-order valence-electron chi connectivity index (χ2n) is 4.34. The lowest BCUT2D eigenvalue weighted by atomic mass is 9.97. The van der Waals surface area contributed by atoms with E-state index in [-0.39, 0.29) is 5.78 Å². The molecule has 3 nitrogen and oxygen atoms in total. The van der Waals surface area contributed by atoms with E-state index in [4.69, 9.17) is 4.74 Å². The lowest BCUT2D eigenvalue weighted by molar-refractivity contribution is 0.0970. The van der Waals surface area contributed by atoms with Crippen molar-refractivity contribution in [3.8, 4) is 0 Å². The Morgan fingerprint density at radius 3 is 3.12 bits per heavy atom. The fourth-order valence-corrected chi connectivity index (χ4v) is 2.23. The van der Waals surface area contributed by atoms with E-state index in [9.17, 15) is 4.79 Å². The zero-order chi connectivity index (χ0) is 12.1. The van der Waals surface area contributed by atoms with Gasteiger partial charge in [-0.25, -0.2) is 0 Å². The molecule has 0 spiro atoms. The first-order valence-corrected chi connectivity index (χ1v) is 6.23. The molecule has 1 heterocycles. The van der Waals surface area contributed by atoms with Crippen LogP contribution < -0.4 is 0 Å². The van der Waals surface area contributed by atoms with Crippen molar-refractivity contribution in [1.29, 1.82) is 0 Å². The van der Waals surface area contributed by atoms with Gasteiger partial charge < -0.3 is 9.30 Å². The number of fused-ring (bicyclic) bond motifs is 1. The van der Waals surface area contributed by atoms with Gasteiger partial charge in [0.15, 0.2) is 5.78 Å². The Bertz CT molecular complexity index is 406. The highest BCUT2D eigenvalue weighted by molar-refractivity contribution is 5.98. The van der Waals surface area contributed by atoms with Gasteiger partial charge in [0.2, 0.25) is 0 Å². The Balaban J connectivity index is 1.89. The molecule has 0 fully saturated rings. The van der Waals surface area contributed by atoms with Crippen LogP contribution in [0.4, 0.5) is 0 Å². The predicted octanol–water partition coefficient (Wildman–Crippen LogP) is 2.60. The van der Waals surface area contributed by atoms with Crippen LogP contribution >= 0.6 is 0 Å². The fraction of sp³-hybridized carbons (Fsp3) is 0.500. The van der Waals surface area contributed by atoms with Crippen molar-refractivity contribution in [3.05, 3.63) is 36.2 Å². The summed E-state index contributed by atoms with van der Waals surface area (Å²) in [7, 11) is 0. The Kier molecular flexibility index (Phi) is 4.15. The molecular weight excluding hydrogens is 214 g/mol. The Hall–Kier alpha value is -1.35. The number of Topliss-reactive ketones (excluding diaryl/α,β-unsaturated/α-hetero) is 1. The van der Waals surface area contributed by atoms with Crippen molar-refractivity contribution >= 4 is 5.78 Å². The third kappa shape index (κ3) is 2.86. The van der Waals surface area contributed by atoms with Crippen LogP contribution in [0.25, 0.3) is 0 Å². The van der Waals surface area contributed by atoms with E-state index in [2.05, 4.69) is 11.1 Å². The largest absolute Gasteiger partial charge is 0.379 e. The predicted molar refractivity (Wildman–Crippen MR) is 67.3 cm³/mol. The fourth-order valence-electron chi connectivity index (χ4n) is 2.23. The summed E-state index contributed by atoms with van der Waals surface area (Å²) in [6.45, 7) is 5.91. The van der Waals surface area contributed by atoms with Crippen LogP contribution in [0.15, 0.2) is 24.9 Å². The lowest BCUT2D eigenvalue weighted by Gasteiger charge is -2.14. The van der Waals surface area contributed by atoms with Crippen molar-refractivity contribution in [3.63, 3.8) is 0 Å². The first-order chi connectivity index (χ1) is 8.33. The van der Waals surface area contributed by atoms with Gasteiger partial charge in [-0.1, -0.05) is 6.08 Å². The SMILES string of the molecule is C=CCCOCCn1ccc2c1CCCC2=O. The van der Waals surface area contributed by atoms with Crippen LogP contribution in [-0.2, 0) is 17.7 Å². The number of aromatic nitrogens is 1. The standard InChI is InChI=1S/C14H19NO2/c1-2-3-10-17-11-9-15-8-7-12-13(15)5-4-6-14(12)16/h2,7-8H,1,3-6,9-11H2. The molecule has 1 aromatic heterocycles. The number of rotatable bonds is 6. The summed E-state index contributed by atoms with van der Waals surface area (Å²) in [4.78, 5) is 11.7. The van der Waals surface area contributed by atoms with E-state index >= 15 is 0 Å². The van der Waals surface area contributed by atoms with Crippen LogP contribution in [0.1, 0.15) is 35.3 Å². The maximum Gasteiger partial charge on any atom is 0.164 e. The van der Waals surface area contributed by atoms with Crippen molar-refractivity contribution < 1.29 is 9.53 Å². The molecule has 17 heavy (non-hydrogen) atoms. The molecule has 0 amide bonds. The summed E-state index contributed by atoms with van der Waals surface area (Å²) in [5, 5.41) is 0. The molecule has 0 saturated carbocycles. The number of ether oxygens (including phenoxy) is 1. The molecule has 0 aliphatic heterocycles. The molecule has 92 valence electrons. The van der Waals surface area contributed by atoms with E-state index in [1.54, 1.807) is 0 Å². The Morgan fingerprint density at radius 2 is 2.29 bits per heavy atom. The molecule has 0 radical (unpaired) electrons. The maximum absolute atomic E-state index is 11.7. The van der Waals surface area contributed by atoms with Crippen molar-refractivity contribution in [2.24, 2.45) is 0 Å². The number of hydrogen-bond donors (Lipinski definition) is 0. The van der Waals surface area contributed by atoms with Gasteiger partial charge in [-0.3, -0.25) is 4.79 Å². The molecule has 0 N–H and O–H groups in total. The molecule has 0 unspecified atom stereocenters. The minimum Gasteiger partial charge on any atom is -0.379 e. The van der Waals surface area contributed by atoms with Gasteiger partial charge in [-0.2, -0.15) is 0 Å². The van der Waals surface area contributed by atoms with Gasteiger partial charge in [0.05, 0.1) is 13.2 Å². The molecule has 2 rings (SSSR count). The number of ketones is 1. The number of carbonyl (C=O) groups excluding carboxylic acids is 1. The third-order valence-electron chi connectivity index (χ3n) is 3.14. The molecule has 1 aromatic rings. The highest BCUT2D eigenvalue weighted by atomic mass is 16.5. The molecule has 0 aromatic carbocycles. The number of nitrogens with zero attached hydrogens (tertiary/aromatic N) is 1. The number of hydrogen-bond acceptors (Lipinski definition) is 2. The molecule has 0 saturated heterocycles. The Labute approximate surface area is 102 Å². The first-order valence-electron chi connectivity index (χ1n) is 6.23. The van der Waals surface area contributed by atoms with Crippen LogP contribution in [0, 0.1) is 0 Å². The smallest absolute Gasteiger partial charge is 0.164 e. The number of carbonyl (C=O) groups is 1. The second-order valence-corrected chi connectivity index (χ2v) is 4.34. The van der Waals surface area contributed by atoms with Gasteiger partial charge in [0, 0.05) is 30.4 Å². The zero-order valence-corrected chi connectivity index (χ0v) is 10.2. The van der Waals surface area contributed by atoms with Crippen molar-refractivity contribution in [2.75, 3.05) is 13.2 Å². The summed E-state index contributed by atoms with van der Waals surface area (Å²) in [5.74, 6) is 0.289. The van der Waals surface area contributed by atoms with E-state index < -0.39 is 0 Å². The Morgan fingerprint density at radius 1 is 1.41 bits per heavy atom. The molecule has 0 bridgehead atoms. The van der Waals surface area contributed by atoms with Gasteiger partial charge in [-0.05, 0) is 25.3 Å². The van der Waals surface area contributed by atoms with Crippen LogP contribution in [0.3, 0.4) is 0 Å². The maximum atomic E-state index is 11.7. The normalized spacial score (nSPS) is 14.7. The summed E-state index contributed by atoms with van der Waals surface area (Å²) in [5.41, 5.74) is 2.11. The van der Waals surface area contributed by atoms with E-state index in [0.717, 1.165) is 38.0 Å². The molecule has 1 aliphatic carbocycles. The van der Waals surface area contributed by atoms with Crippen LogP contribution in [0.5, 0.6) is 0 Å². The van der Waals surface area contributed by atoms with Crippen molar-refractivity contribution in [1.82, 2.24) is 4.57 Å². The summed E-state index contributed by atoms with van der Waals surface area (Å²) < 4.78 is 7.64. The highest BCUT2D eigenvalue weighted by Gasteiger charge is 2.19. The second kappa shape index (κ2) is 5.82. The first kappa shape index (κ1) is 12.1. The summed E-state index contributed by atoms with van der Waals surface area (Å²) >= 11 is 0. The lowest BCUT2D eigenvalue weighted by Crippen LogP contribution is -2.15. The summed E-state index contributed by atoms with van der Waals surface area (Å²) in [6, 6.07) is 1.95. The molecule has 1 aliphatic rings. The molecule has 0 atom stereocenters. The van der Waals surface area contributed by atoms with Gasteiger partial charge in [-0.15, -0.1) is 6.58 Å². The minimum atomic E-state index is 0.289. The van der Waals surface area contributed by atoms with Crippen LogP contribution in [0.2, 0.25) is 0 Å².